The number of carbonyl (C=O) groups is 2. The normalized spacial score (nSPS) is 13.1. The Balaban J connectivity index is 1.91. The molecule has 0 fully saturated rings. The quantitative estimate of drug-likeness (QED) is 0.713. The minimum absolute atomic E-state index is 0.0198. The summed E-state index contributed by atoms with van der Waals surface area (Å²) in [4.78, 5) is 25.1. The van der Waals surface area contributed by atoms with Crippen molar-refractivity contribution in [1.29, 1.82) is 0 Å². The molecule has 2 aromatic rings. The molecule has 144 valence electrons. The number of nitrogens with one attached hydrogen (secondary N) is 2. The molecule has 0 aliphatic heterocycles. The Morgan fingerprint density at radius 2 is 1.56 bits per heavy atom. The largest absolute Gasteiger partial charge is 0.352 e. The van der Waals surface area contributed by atoms with Crippen molar-refractivity contribution in [1.82, 2.24) is 10.6 Å². The predicted octanol–water partition coefficient (Wildman–Crippen LogP) is 4.23. The minimum atomic E-state index is -0.590. The van der Waals surface area contributed by atoms with E-state index in [0.717, 1.165) is 12.8 Å². The van der Waals surface area contributed by atoms with E-state index in [1.807, 2.05) is 39.0 Å². The zero-order valence-corrected chi connectivity index (χ0v) is 16.8. The second-order valence-corrected chi connectivity index (χ2v) is 7.57. The fourth-order valence-electron chi connectivity index (χ4n) is 2.79. The summed E-state index contributed by atoms with van der Waals surface area (Å²) in [6.45, 7) is 5.82. The molecule has 2 amide bonds. The van der Waals surface area contributed by atoms with Gasteiger partial charge in [-0.3, -0.25) is 9.59 Å². The molecule has 2 N–H and O–H groups in total. The smallest absolute Gasteiger partial charge is 0.251 e. The SMILES string of the molecule is CC(C)[C@H](NC(=O)c1ccc(Cl)cc1)C(=O)N[C@@H](C)CCc1ccccc1. The monoisotopic (exact) mass is 386 g/mol. The maximum Gasteiger partial charge on any atom is 0.251 e. The summed E-state index contributed by atoms with van der Waals surface area (Å²) in [5.41, 5.74) is 1.73. The lowest BCUT2D eigenvalue weighted by molar-refractivity contribution is -0.124. The third-order valence-electron chi connectivity index (χ3n) is 4.44. The Morgan fingerprint density at radius 3 is 2.15 bits per heavy atom. The van der Waals surface area contributed by atoms with Gasteiger partial charge in [0.2, 0.25) is 5.91 Å². The van der Waals surface area contributed by atoms with E-state index >= 15 is 0 Å². The van der Waals surface area contributed by atoms with Gasteiger partial charge in [0.1, 0.15) is 6.04 Å². The Labute approximate surface area is 166 Å². The molecule has 0 unspecified atom stereocenters. The third-order valence-corrected chi connectivity index (χ3v) is 4.69. The predicted molar refractivity (Wildman–Crippen MR) is 110 cm³/mol. The van der Waals surface area contributed by atoms with E-state index < -0.39 is 6.04 Å². The van der Waals surface area contributed by atoms with E-state index in [0.29, 0.717) is 10.6 Å². The van der Waals surface area contributed by atoms with Gasteiger partial charge < -0.3 is 10.6 Å². The molecule has 0 heterocycles. The van der Waals surface area contributed by atoms with Crippen molar-refractivity contribution in [3.8, 4) is 0 Å². The van der Waals surface area contributed by atoms with Crippen LogP contribution in [-0.4, -0.2) is 23.9 Å². The van der Waals surface area contributed by atoms with Crippen LogP contribution < -0.4 is 10.6 Å². The van der Waals surface area contributed by atoms with Gasteiger partial charge in [-0.25, -0.2) is 0 Å². The van der Waals surface area contributed by atoms with Gasteiger partial charge >= 0.3 is 0 Å². The van der Waals surface area contributed by atoms with Crippen LogP contribution in [0.3, 0.4) is 0 Å². The molecule has 4 nitrogen and oxygen atoms in total. The zero-order valence-electron chi connectivity index (χ0n) is 16.0. The molecule has 2 atom stereocenters. The summed E-state index contributed by atoms with van der Waals surface area (Å²) >= 11 is 5.86. The summed E-state index contributed by atoms with van der Waals surface area (Å²) < 4.78 is 0. The molecule has 0 spiro atoms. The number of hydrogen-bond donors (Lipinski definition) is 2. The highest BCUT2D eigenvalue weighted by Crippen LogP contribution is 2.11. The number of hydrogen-bond acceptors (Lipinski definition) is 2. The number of aryl methyl sites for hydroxylation is 1. The van der Waals surface area contributed by atoms with Gasteiger partial charge in [-0.2, -0.15) is 0 Å². The van der Waals surface area contributed by atoms with Gasteiger partial charge in [0, 0.05) is 16.6 Å². The van der Waals surface area contributed by atoms with Crippen molar-refractivity contribution < 1.29 is 9.59 Å². The van der Waals surface area contributed by atoms with Crippen LogP contribution in [0.25, 0.3) is 0 Å². The van der Waals surface area contributed by atoms with Crippen molar-refractivity contribution in [3.63, 3.8) is 0 Å². The molecular weight excluding hydrogens is 360 g/mol. The fourth-order valence-corrected chi connectivity index (χ4v) is 2.92. The summed E-state index contributed by atoms with van der Waals surface area (Å²) in [7, 11) is 0. The number of halogens is 1. The number of benzene rings is 2. The summed E-state index contributed by atoms with van der Waals surface area (Å²) in [6.07, 6.45) is 1.73. The Hall–Kier alpha value is -2.33. The Kier molecular flexibility index (Phi) is 7.86. The average molecular weight is 387 g/mol. The Bertz CT molecular complexity index is 745. The highest BCUT2D eigenvalue weighted by atomic mass is 35.5. The Morgan fingerprint density at radius 1 is 0.926 bits per heavy atom. The zero-order chi connectivity index (χ0) is 19.8. The second kappa shape index (κ2) is 10.1. The molecule has 5 heteroatoms. The lowest BCUT2D eigenvalue weighted by Gasteiger charge is -2.24. The van der Waals surface area contributed by atoms with Crippen LogP contribution in [0, 0.1) is 5.92 Å². The first-order valence-corrected chi connectivity index (χ1v) is 9.65. The molecule has 0 aliphatic carbocycles. The maximum atomic E-state index is 12.7. The van der Waals surface area contributed by atoms with Crippen molar-refractivity contribution in [3.05, 3.63) is 70.7 Å². The molecule has 2 rings (SSSR count). The highest BCUT2D eigenvalue weighted by Gasteiger charge is 2.25. The van der Waals surface area contributed by atoms with Gasteiger partial charge in [-0.05, 0) is 55.5 Å². The van der Waals surface area contributed by atoms with E-state index in [4.69, 9.17) is 11.6 Å². The lowest BCUT2D eigenvalue weighted by atomic mass is 10.0. The van der Waals surface area contributed by atoms with Gasteiger partial charge in [0.15, 0.2) is 0 Å². The van der Waals surface area contributed by atoms with E-state index in [2.05, 4.69) is 22.8 Å². The first kappa shape index (κ1) is 21.0. The number of amides is 2. The molecule has 27 heavy (non-hydrogen) atoms. The van der Waals surface area contributed by atoms with Gasteiger partial charge in [-0.15, -0.1) is 0 Å². The minimum Gasteiger partial charge on any atom is -0.352 e. The third kappa shape index (κ3) is 6.72. The van der Waals surface area contributed by atoms with Crippen LogP contribution in [0.1, 0.15) is 43.1 Å². The van der Waals surface area contributed by atoms with E-state index in [9.17, 15) is 9.59 Å². The summed E-state index contributed by atoms with van der Waals surface area (Å²) in [6, 6.07) is 16.2. The number of rotatable bonds is 8. The van der Waals surface area contributed by atoms with Crippen LogP contribution in [0.5, 0.6) is 0 Å². The molecule has 0 saturated heterocycles. The first-order valence-electron chi connectivity index (χ1n) is 9.27. The second-order valence-electron chi connectivity index (χ2n) is 7.14. The maximum absolute atomic E-state index is 12.7. The molecule has 0 aromatic heterocycles. The van der Waals surface area contributed by atoms with Crippen LogP contribution in [0.15, 0.2) is 54.6 Å². The molecule has 2 aromatic carbocycles. The van der Waals surface area contributed by atoms with Crippen LogP contribution in [0.2, 0.25) is 5.02 Å². The lowest BCUT2D eigenvalue weighted by Crippen LogP contribution is -2.51. The molecule has 0 aliphatic rings. The molecular formula is C22H27ClN2O2. The average Bonchev–Trinajstić information content (AvgIpc) is 2.65. The van der Waals surface area contributed by atoms with Crippen molar-refractivity contribution in [2.24, 2.45) is 5.92 Å². The van der Waals surface area contributed by atoms with Crippen LogP contribution >= 0.6 is 11.6 Å². The molecule has 0 radical (unpaired) electrons. The van der Waals surface area contributed by atoms with E-state index in [1.165, 1.54) is 5.56 Å². The van der Waals surface area contributed by atoms with Gasteiger partial charge in [-0.1, -0.05) is 55.8 Å². The van der Waals surface area contributed by atoms with E-state index in [-0.39, 0.29) is 23.8 Å². The van der Waals surface area contributed by atoms with Crippen LogP contribution in [-0.2, 0) is 11.2 Å². The van der Waals surface area contributed by atoms with Crippen molar-refractivity contribution in [2.75, 3.05) is 0 Å². The standard InChI is InChI=1S/C22H27ClN2O2/c1-15(2)20(25-21(26)18-11-13-19(23)14-12-18)22(27)24-16(3)9-10-17-7-5-4-6-8-17/h4-8,11-16,20H,9-10H2,1-3H3,(H,24,27)(H,25,26)/t16-,20-/m0/s1. The summed E-state index contributed by atoms with van der Waals surface area (Å²) in [5.74, 6) is -0.465. The van der Waals surface area contributed by atoms with E-state index in [1.54, 1.807) is 24.3 Å². The van der Waals surface area contributed by atoms with Crippen molar-refractivity contribution in [2.45, 2.75) is 45.7 Å². The molecule has 0 bridgehead atoms. The van der Waals surface area contributed by atoms with Crippen molar-refractivity contribution >= 4 is 23.4 Å². The first-order chi connectivity index (χ1) is 12.9. The summed E-state index contributed by atoms with van der Waals surface area (Å²) in [5, 5.41) is 6.43. The fraction of sp³-hybridized carbons (Fsp3) is 0.364. The number of carbonyl (C=O) groups excluding carboxylic acids is 2. The van der Waals surface area contributed by atoms with Gasteiger partial charge in [0.05, 0.1) is 0 Å². The topological polar surface area (TPSA) is 58.2 Å². The molecule has 0 saturated carbocycles. The highest BCUT2D eigenvalue weighted by molar-refractivity contribution is 6.30. The van der Waals surface area contributed by atoms with Crippen LogP contribution in [0.4, 0.5) is 0 Å². The van der Waals surface area contributed by atoms with Gasteiger partial charge in [0.25, 0.3) is 5.91 Å².